The highest BCUT2D eigenvalue weighted by Gasteiger charge is 2.13. The number of methoxy groups -OCH3 is 2. The van der Waals surface area contributed by atoms with Crippen molar-refractivity contribution in [2.45, 2.75) is 0 Å². The van der Waals surface area contributed by atoms with E-state index in [0.29, 0.717) is 28.2 Å². The van der Waals surface area contributed by atoms with Gasteiger partial charge in [-0.25, -0.2) is 14.4 Å². The summed E-state index contributed by atoms with van der Waals surface area (Å²) in [4.78, 5) is 8.36. The van der Waals surface area contributed by atoms with E-state index in [4.69, 9.17) is 26.8 Å². The maximum Gasteiger partial charge on any atom is 0.162 e. The minimum absolute atomic E-state index is 0.150. The summed E-state index contributed by atoms with van der Waals surface area (Å²) in [5, 5.41) is 3.70. The number of ether oxygens (including phenoxy) is 2. The van der Waals surface area contributed by atoms with Crippen molar-refractivity contribution < 1.29 is 13.9 Å². The van der Waals surface area contributed by atoms with Gasteiger partial charge in [0.25, 0.3) is 0 Å². The first-order chi connectivity index (χ1) is 11.5. The first kappa shape index (κ1) is 16.1. The molecule has 0 atom stereocenters. The summed E-state index contributed by atoms with van der Waals surface area (Å²) in [6.45, 7) is 0. The van der Waals surface area contributed by atoms with Crippen LogP contribution in [0, 0.1) is 5.82 Å². The summed E-state index contributed by atoms with van der Waals surface area (Å²) < 4.78 is 24.6. The number of anilines is 3. The molecule has 8 heteroatoms. The maximum atomic E-state index is 14.1. The Labute approximate surface area is 142 Å². The van der Waals surface area contributed by atoms with E-state index in [-0.39, 0.29) is 16.4 Å². The van der Waals surface area contributed by atoms with Crippen LogP contribution in [0.3, 0.4) is 0 Å². The van der Waals surface area contributed by atoms with Crippen LogP contribution < -0.4 is 20.5 Å². The normalized spacial score (nSPS) is 10.7. The molecule has 24 heavy (non-hydrogen) atoms. The Morgan fingerprint density at radius 3 is 2.50 bits per heavy atom. The molecule has 6 nitrogen and oxygen atoms in total. The molecule has 124 valence electrons. The average molecular weight is 349 g/mol. The Morgan fingerprint density at radius 1 is 1.08 bits per heavy atom. The van der Waals surface area contributed by atoms with Crippen molar-refractivity contribution in [2.24, 2.45) is 0 Å². The lowest BCUT2D eigenvalue weighted by Gasteiger charge is -2.13. The number of halogens is 2. The van der Waals surface area contributed by atoms with E-state index < -0.39 is 5.82 Å². The van der Waals surface area contributed by atoms with Gasteiger partial charge in [-0.05, 0) is 18.2 Å². The molecular weight excluding hydrogens is 335 g/mol. The lowest BCUT2D eigenvalue weighted by atomic mass is 10.2. The van der Waals surface area contributed by atoms with Crippen molar-refractivity contribution >= 4 is 39.7 Å². The molecule has 0 saturated carbocycles. The predicted molar refractivity (Wildman–Crippen MR) is 91.7 cm³/mol. The van der Waals surface area contributed by atoms with Crippen molar-refractivity contribution in [1.29, 1.82) is 0 Å². The van der Waals surface area contributed by atoms with Crippen LogP contribution >= 0.6 is 11.6 Å². The Balaban J connectivity index is 2.11. The first-order valence-electron chi connectivity index (χ1n) is 6.91. The molecule has 0 aliphatic rings. The molecule has 1 heterocycles. The van der Waals surface area contributed by atoms with Crippen LogP contribution in [0.2, 0.25) is 5.02 Å². The van der Waals surface area contributed by atoms with Crippen molar-refractivity contribution in [3.63, 3.8) is 0 Å². The highest BCUT2D eigenvalue weighted by molar-refractivity contribution is 6.33. The van der Waals surface area contributed by atoms with Gasteiger partial charge >= 0.3 is 0 Å². The molecular formula is C16H14ClFN4O2. The van der Waals surface area contributed by atoms with E-state index in [2.05, 4.69) is 15.3 Å². The van der Waals surface area contributed by atoms with Crippen LogP contribution in [0.5, 0.6) is 11.5 Å². The Bertz CT molecular complexity index is 920. The van der Waals surface area contributed by atoms with E-state index in [1.807, 2.05) is 0 Å². The number of nitrogens with two attached hydrogens (primary N) is 1. The Morgan fingerprint density at radius 2 is 1.79 bits per heavy atom. The minimum Gasteiger partial charge on any atom is -0.493 e. The van der Waals surface area contributed by atoms with Crippen LogP contribution in [0.25, 0.3) is 10.9 Å². The van der Waals surface area contributed by atoms with Crippen LogP contribution in [0.15, 0.2) is 30.6 Å². The van der Waals surface area contributed by atoms with Gasteiger partial charge in [-0.15, -0.1) is 0 Å². The number of nitrogens with zero attached hydrogens (tertiary/aromatic N) is 2. The second kappa shape index (κ2) is 6.37. The largest absolute Gasteiger partial charge is 0.493 e. The zero-order valence-electron chi connectivity index (χ0n) is 12.9. The second-order valence-corrected chi connectivity index (χ2v) is 5.33. The third-order valence-corrected chi connectivity index (χ3v) is 3.81. The molecule has 0 amide bonds. The average Bonchev–Trinajstić information content (AvgIpc) is 2.58. The number of aromatic nitrogens is 2. The molecule has 0 aliphatic heterocycles. The fraction of sp³-hybridized carbons (Fsp3) is 0.125. The van der Waals surface area contributed by atoms with Crippen LogP contribution in [-0.2, 0) is 0 Å². The zero-order valence-corrected chi connectivity index (χ0v) is 13.7. The van der Waals surface area contributed by atoms with Crippen molar-refractivity contribution in [2.75, 3.05) is 25.3 Å². The van der Waals surface area contributed by atoms with Gasteiger partial charge in [-0.2, -0.15) is 0 Å². The van der Waals surface area contributed by atoms with Gasteiger partial charge in [0.15, 0.2) is 11.5 Å². The molecule has 1 aromatic heterocycles. The molecule has 2 aromatic carbocycles. The summed E-state index contributed by atoms with van der Waals surface area (Å²) >= 11 is 5.81. The summed E-state index contributed by atoms with van der Waals surface area (Å²) in [5.41, 5.74) is 6.77. The quantitative estimate of drug-likeness (QED) is 0.698. The third-order valence-electron chi connectivity index (χ3n) is 3.48. The predicted octanol–water partition coefficient (Wildman–Crippen LogP) is 3.77. The van der Waals surface area contributed by atoms with Crippen molar-refractivity contribution in [3.8, 4) is 11.5 Å². The minimum atomic E-state index is -0.540. The third kappa shape index (κ3) is 2.85. The molecule has 3 aromatic rings. The molecule has 3 N–H and O–H groups in total. The monoisotopic (exact) mass is 348 g/mol. The number of hydrogen-bond acceptors (Lipinski definition) is 6. The molecule has 0 spiro atoms. The smallest absolute Gasteiger partial charge is 0.162 e. The van der Waals surface area contributed by atoms with Gasteiger partial charge in [0, 0.05) is 11.5 Å². The molecule has 0 radical (unpaired) electrons. The lowest BCUT2D eigenvalue weighted by molar-refractivity contribution is 0.356. The Hall–Kier alpha value is -2.80. The number of nitrogen functional groups attached to an aromatic ring is 1. The highest BCUT2D eigenvalue weighted by Crippen LogP contribution is 2.35. The first-order valence-corrected chi connectivity index (χ1v) is 7.29. The van der Waals surface area contributed by atoms with E-state index in [9.17, 15) is 4.39 Å². The Kier molecular flexibility index (Phi) is 4.26. The van der Waals surface area contributed by atoms with Gasteiger partial charge in [0.05, 0.1) is 36.1 Å². The van der Waals surface area contributed by atoms with E-state index in [1.54, 1.807) is 12.1 Å². The molecule has 0 fully saturated rings. The second-order valence-electron chi connectivity index (χ2n) is 4.93. The molecule has 0 saturated heterocycles. The molecule has 0 aliphatic carbocycles. The van der Waals surface area contributed by atoms with Crippen LogP contribution in [0.1, 0.15) is 0 Å². The summed E-state index contributed by atoms with van der Waals surface area (Å²) in [6.07, 6.45) is 1.37. The summed E-state index contributed by atoms with van der Waals surface area (Å²) in [5.74, 6) is 0.915. The SMILES string of the molecule is COc1cc2ncnc(Nc3cc(N)c(Cl)cc3F)c2cc1OC. The maximum absolute atomic E-state index is 14.1. The van der Waals surface area contributed by atoms with Crippen LogP contribution in [-0.4, -0.2) is 24.2 Å². The van der Waals surface area contributed by atoms with Gasteiger partial charge in [-0.3, -0.25) is 0 Å². The lowest BCUT2D eigenvalue weighted by Crippen LogP contribution is -2.00. The number of fused-ring (bicyclic) bond motifs is 1. The molecule has 0 unspecified atom stereocenters. The van der Waals surface area contributed by atoms with E-state index in [1.165, 1.54) is 26.6 Å². The topological polar surface area (TPSA) is 82.3 Å². The van der Waals surface area contributed by atoms with Gasteiger partial charge in [0.2, 0.25) is 0 Å². The summed E-state index contributed by atoms with van der Waals surface area (Å²) in [7, 11) is 3.07. The van der Waals surface area contributed by atoms with Gasteiger partial charge in [-0.1, -0.05) is 11.6 Å². The van der Waals surface area contributed by atoms with Crippen molar-refractivity contribution in [1.82, 2.24) is 9.97 Å². The standard InChI is InChI=1S/C16H14ClFN4O2/c1-23-14-3-8-12(6-15(14)24-2)20-7-21-16(8)22-13-5-11(19)9(17)4-10(13)18/h3-7H,19H2,1-2H3,(H,20,21,22). The number of hydrogen-bond donors (Lipinski definition) is 2. The van der Waals surface area contributed by atoms with Crippen molar-refractivity contribution in [3.05, 3.63) is 41.4 Å². The van der Waals surface area contributed by atoms with Gasteiger partial charge < -0.3 is 20.5 Å². The number of rotatable bonds is 4. The van der Waals surface area contributed by atoms with Crippen LogP contribution in [0.4, 0.5) is 21.6 Å². The number of benzene rings is 2. The molecule has 0 bridgehead atoms. The van der Waals surface area contributed by atoms with E-state index in [0.717, 1.165) is 6.07 Å². The zero-order chi connectivity index (χ0) is 17.3. The number of nitrogens with one attached hydrogen (secondary N) is 1. The summed E-state index contributed by atoms with van der Waals surface area (Å²) in [6, 6.07) is 5.99. The van der Waals surface area contributed by atoms with E-state index >= 15 is 0 Å². The van der Waals surface area contributed by atoms with Gasteiger partial charge in [0.1, 0.15) is 18.0 Å². The highest BCUT2D eigenvalue weighted by atomic mass is 35.5. The fourth-order valence-electron chi connectivity index (χ4n) is 2.27. The fourth-order valence-corrected chi connectivity index (χ4v) is 2.42. The molecule has 3 rings (SSSR count).